The van der Waals surface area contributed by atoms with Crippen molar-refractivity contribution in [1.29, 1.82) is 0 Å². The van der Waals surface area contributed by atoms with E-state index in [1.807, 2.05) is 30.3 Å². The van der Waals surface area contributed by atoms with E-state index in [2.05, 4.69) is 12.2 Å². The van der Waals surface area contributed by atoms with Crippen LogP contribution in [0.4, 0.5) is 11.4 Å². The van der Waals surface area contributed by atoms with Crippen molar-refractivity contribution < 1.29 is 9.72 Å². The van der Waals surface area contributed by atoms with E-state index in [1.54, 1.807) is 12.1 Å². The van der Waals surface area contributed by atoms with Crippen LogP contribution >= 0.6 is 0 Å². The predicted octanol–water partition coefficient (Wildman–Crippen LogP) is 4.01. The van der Waals surface area contributed by atoms with E-state index in [1.165, 1.54) is 13.0 Å². The molecule has 22 heavy (non-hydrogen) atoms. The minimum atomic E-state index is -0.470. The molecule has 0 saturated carbocycles. The molecular formula is C17H18N2O3. The van der Waals surface area contributed by atoms with Crippen molar-refractivity contribution in [1.82, 2.24) is 0 Å². The highest BCUT2D eigenvalue weighted by atomic mass is 16.6. The summed E-state index contributed by atoms with van der Waals surface area (Å²) >= 11 is 0. The molecule has 2 rings (SSSR count). The van der Waals surface area contributed by atoms with Crippen molar-refractivity contribution in [2.75, 3.05) is 11.9 Å². The Bertz CT molecular complexity index is 684. The Morgan fingerprint density at radius 2 is 1.91 bits per heavy atom. The monoisotopic (exact) mass is 298 g/mol. The van der Waals surface area contributed by atoms with Crippen LogP contribution in [-0.4, -0.2) is 17.3 Å². The van der Waals surface area contributed by atoms with Gasteiger partial charge in [0.2, 0.25) is 0 Å². The van der Waals surface area contributed by atoms with Gasteiger partial charge in [-0.2, -0.15) is 0 Å². The smallest absolute Gasteiger partial charge is 0.293 e. The van der Waals surface area contributed by atoms with Gasteiger partial charge in [-0.05, 0) is 30.5 Å². The zero-order chi connectivity index (χ0) is 16.1. The first-order valence-electron chi connectivity index (χ1n) is 7.07. The number of Topliss-reactive ketones (excluding diaryl/α,β-unsaturated/α-hetero) is 1. The molecule has 0 amide bonds. The fourth-order valence-corrected chi connectivity index (χ4v) is 2.21. The fourth-order valence-electron chi connectivity index (χ4n) is 2.21. The standard InChI is InChI=1S/C17H18N2O3/c1-12(14-6-4-3-5-7-14)11-18-16-9-8-15(13(2)20)10-17(16)19(21)22/h3-10,12,18H,11H2,1-2H3/t12-/m0/s1. The number of nitrogens with one attached hydrogen (secondary N) is 1. The molecule has 0 bridgehead atoms. The van der Waals surface area contributed by atoms with Gasteiger partial charge in [0.25, 0.3) is 5.69 Å². The van der Waals surface area contributed by atoms with Gasteiger partial charge >= 0.3 is 0 Å². The molecule has 0 saturated heterocycles. The summed E-state index contributed by atoms with van der Waals surface area (Å²) in [5, 5.41) is 14.3. The third kappa shape index (κ3) is 3.69. The lowest BCUT2D eigenvalue weighted by atomic mass is 10.0. The maximum absolute atomic E-state index is 11.3. The average molecular weight is 298 g/mol. The molecule has 0 fully saturated rings. The van der Waals surface area contributed by atoms with Gasteiger partial charge in [0.15, 0.2) is 5.78 Å². The number of nitrogens with zero attached hydrogens (tertiary/aromatic N) is 1. The van der Waals surface area contributed by atoms with Crippen molar-refractivity contribution in [2.45, 2.75) is 19.8 Å². The SMILES string of the molecule is CC(=O)c1ccc(NC[C@H](C)c2ccccc2)c([N+](=O)[O-])c1. The molecule has 2 aromatic carbocycles. The largest absolute Gasteiger partial charge is 0.379 e. The van der Waals surface area contributed by atoms with Crippen molar-refractivity contribution in [3.05, 3.63) is 69.8 Å². The minimum absolute atomic E-state index is 0.0760. The number of benzene rings is 2. The van der Waals surface area contributed by atoms with Crippen LogP contribution in [0.2, 0.25) is 0 Å². The van der Waals surface area contributed by atoms with Crippen LogP contribution in [0.1, 0.15) is 35.7 Å². The van der Waals surface area contributed by atoms with Crippen LogP contribution in [0, 0.1) is 10.1 Å². The summed E-state index contributed by atoms with van der Waals surface area (Å²) < 4.78 is 0. The Morgan fingerprint density at radius 1 is 1.23 bits per heavy atom. The Labute approximate surface area is 129 Å². The molecule has 0 heterocycles. The number of hydrogen-bond acceptors (Lipinski definition) is 4. The van der Waals surface area contributed by atoms with E-state index in [0.717, 1.165) is 5.56 Å². The molecule has 0 aliphatic rings. The lowest BCUT2D eigenvalue weighted by Gasteiger charge is -2.14. The third-order valence-electron chi connectivity index (χ3n) is 3.57. The number of nitro benzene ring substituents is 1. The molecule has 5 heteroatoms. The number of rotatable bonds is 6. The quantitative estimate of drug-likeness (QED) is 0.497. The summed E-state index contributed by atoms with van der Waals surface area (Å²) in [4.78, 5) is 22.0. The van der Waals surface area contributed by atoms with Crippen LogP contribution in [0.25, 0.3) is 0 Å². The van der Waals surface area contributed by atoms with Crippen LogP contribution in [-0.2, 0) is 0 Å². The topological polar surface area (TPSA) is 72.2 Å². The Morgan fingerprint density at radius 3 is 2.50 bits per heavy atom. The van der Waals surface area contributed by atoms with Crippen molar-refractivity contribution in [2.24, 2.45) is 0 Å². The average Bonchev–Trinajstić information content (AvgIpc) is 2.53. The van der Waals surface area contributed by atoms with Crippen molar-refractivity contribution in [3.8, 4) is 0 Å². The molecular weight excluding hydrogens is 280 g/mol. The van der Waals surface area contributed by atoms with Gasteiger partial charge in [-0.15, -0.1) is 0 Å². The summed E-state index contributed by atoms with van der Waals surface area (Å²) in [6, 6.07) is 14.5. The van der Waals surface area contributed by atoms with E-state index in [0.29, 0.717) is 17.8 Å². The number of ketones is 1. The number of hydrogen-bond donors (Lipinski definition) is 1. The summed E-state index contributed by atoms with van der Waals surface area (Å²) in [7, 11) is 0. The summed E-state index contributed by atoms with van der Waals surface area (Å²) in [6.45, 7) is 4.02. The lowest BCUT2D eigenvalue weighted by molar-refractivity contribution is -0.384. The van der Waals surface area contributed by atoms with Gasteiger partial charge in [0.1, 0.15) is 5.69 Å². The first-order valence-corrected chi connectivity index (χ1v) is 7.07. The first-order chi connectivity index (χ1) is 10.5. The molecule has 1 N–H and O–H groups in total. The number of anilines is 1. The zero-order valence-corrected chi connectivity index (χ0v) is 12.6. The van der Waals surface area contributed by atoms with Crippen molar-refractivity contribution in [3.63, 3.8) is 0 Å². The molecule has 114 valence electrons. The second-order valence-electron chi connectivity index (χ2n) is 5.24. The van der Waals surface area contributed by atoms with Crippen LogP contribution < -0.4 is 5.32 Å². The molecule has 1 atom stereocenters. The van der Waals surface area contributed by atoms with E-state index >= 15 is 0 Å². The van der Waals surface area contributed by atoms with Crippen LogP contribution in [0.5, 0.6) is 0 Å². The number of carbonyl (C=O) groups excluding carboxylic acids is 1. The normalized spacial score (nSPS) is 11.7. The molecule has 0 aromatic heterocycles. The van der Waals surface area contributed by atoms with Gasteiger partial charge in [0, 0.05) is 18.2 Å². The van der Waals surface area contributed by atoms with E-state index in [9.17, 15) is 14.9 Å². The van der Waals surface area contributed by atoms with Crippen molar-refractivity contribution >= 4 is 17.2 Å². The van der Waals surface area contributed by atoms with Crippen LogP contribution in [0.15, 0.2) is 48.5 Å². The predicted molar refractivity (Wildman–Crippen MR) is 86.4 cm³/mol. The summed E-state index contributed by atoms with van der Waals surface area (Å²) in [5.74, 6) is 0.0283. The van der Waals surface area contributed by atoms with Gasteiger partial charge < -0.3 is 5.32 Å². The Kier molecular flexibility index (Phi) is 4.88. The second kappa shape index (κ2) is 6.85. The highest BCUT2D eigenvalue weighted by Gasteiger charge is 2.16. The van der Waals surface area contributed by atoms with Crippen LogP contribution in [0.3, 0.4) is 0 Å². The summed E-state index contributed by atoms with van der Waals surface area (Å²) in [6.07, 6.45) is 0. The second-order valence-corrected chi connectivity index (χ2v) is 5.24. The minimum Gasteiger partial charge on any atom is -0.379 e. The highest BCUT2D eigenvalue weighted by molar-refractivity contribution is 5.95. The van der Waals surface area contributed by atoms with Gasteiger partial charge in [-0.1, -0.05) is 37.3 Å². The van der Waals surface area contributed by atoms with E-state index < -0.39 is 4.92 Å². The van der Waals surface area contributed by atoms with Gasteiger partial charge in [0.05, 0.1) is 4.92 Å². The molecule has 0 radical (unpaired) electrons. The molecule has 5 nitrogen and oxygen atoms in total. The molecule has 2 aromatic rings. The highest BCUT2D eigenvalue weighted by Crippen LogP contribution is 2.27. The maximum Gasteiger partial charge on any atom is 0.293 e. The van der Waals surface area contributed by atoms with Gasteiger partial charge in [-0.3, -0.25) is 14.9 Å². The number of nitro groups is 1. The molecule has 0 aliphatic heterocycles. The van der Waals surface area contributed by atoms with Gasteiger partial charge in [-0.25, -0.2) is 0 Å². The fraction of sp³-hybridized carbons (Fsp3) is 0.235. The summed E-state index contributed by atoms with van der Waals surface area (Å²) in [5.41, 5.74) is 1.86. The third-order valence-corrected chi connectivity index (χ3v) is 3.57. The molecule has 0 unspecified atom stereocenters. The zero-order valence-electron chi connectivity index (χ0n) is 12.6. The Balaban J connectivity index is 2.15. The molecule has 0 aliphatic carbocycles. The number of carbonyl (C=O) groups is 1. The van der Waals surface area contributed by atoms with E-state index in [-0.39, 0.29) is 17.4 Å². The first kappa shape index (κ1) is 15.7. The van der Waals surface area contributed by atoms with E-state index in [4.69, 9.17) is 0 Å². The Hall–Kier alpha value is -2.69. The lowest BCUT2D eigenvalue weighted by Crippen LogP contribution is -2.11. The maximum atomic E-state index is 11.3. The molecule has 0 spiro atoms.